The molecule has 0 unspecified atom stereocenters. The second-order valence-electron chi connectivity index (χ2n) is 33.2. The van der Waals surface area contributed by atoms with Gasteiger partial charge in [0.15, 0.2) is 18.0 Å². The van der Waals surface area contributed by atoms with E-state index in [-0.39, 0.29) is 78.5 Å². The van der Waals surface area contributed by atoms with Crippen LogP contribution in [0.5, 0.6) is 5.75 Å². The smallest absolute Gasteiger partial charge is 0.416 e. The van der Waals surface area contributed by atoms with E-state index in [4.69, 9.17) is 13.9 Å². The van der Waals surface area contributed by atoms with Crippen molar-refractivity contribution in [3.05, 3.63) is 286 Å². The summed E-state index contributed by atoms with van der Waals surface area (Å²) in [6, 6.07) is 55.8. The summed E-state index contributed by atoms with van der Waals surface area (Å²) in [5, 5.41) is 22.3. The number of rotatable bonds is 23. The minimum absolute atomic E-state index is 0.0198. The van der Waals surface area contributed by atoms with Gasteiger partial charge >= 0.3 is 24.5 Å². The number of nitrogens with one attached hydrogen (secondary N) is 1. The number of para-hydroxylation sites is 1. The van der Waals surface area contributed by atoms with E-state index in [1.807, 2.05) is 99.2 Å². The number of carbonyl (C=O) groups excluding carboxylic acids is 8. The van der Waals surface area contributed by atoms with E-state index in [2.05, 4.69) is 50.0 Å². The number of piperidine rings is 1. The number of anilines is 2. The zero-order valence-corrected chi connectivity index (χ0v) is 75.4. The van der Waals surface area contributed by atoms with Gasteiger partial charge in [-0.1, -0.05) is 122 Å². The number of thioether (sulfide) groups is 1. The monoisotopic (exact) mass is 1890 g/mol. The number of piperazine rings is 2. The Morgan fingerprint density at radius 2 is 1.21 bits per heavy atom. The summed E-state index contributed by atoms with van der Waals surface area (Å²) in [4.78, 5) is 114. The van der Waals surface area contributed by atoms with Crippen molar-refractivity contribution >= 4 is 76.0 Å². The number of imidazole rings is 1. The first-order valence-corrected chi connectivity index (χ1v) is 45.5. The number of hydrazone groups is 1. The number of ether oxygens (including phenoxy) is 2. The molecule has 6 aliphatic rings. The van der Waals surface area contributed by atoms with E-state index in [9.17, 15) is 87.4 Å². The molecule has 714 valence electrons. The van der Waals surface area contributed by atoms with Crippen molar-refractivity contribution in [2.24, 2.45) is 18.1 Å². The van der Waals surface area contributed by atoms with Crippen molar-refractivity contribution < 1.29 is 101 Å². The highest BCUT2D eigenvalue weighted by atomic mass is 32.2. The third kappa shape index (κ3) is 29.6. The second kappa shape index (κ2) is 47.6. The summed E-state index contributed by atoms with van der Waals surface area (Å²) in [5.41, 5.74) is 6.19. The van der Waals surface area contributed by atoms with Crippen LogP contribution in [-0.2, 0) is 97.4 Å². The highest BCUT2D eigenvalue weighted by molar-refractivity contribution is 7.99. The molecule has 3 saturated heterocycles. The summed E-state index contributed by atoms with van der Waals surface area (Å²) in [6.45, 7) is 6.23. The van der Waals surface area contributed by atoms with Crippen molar-refractivity contribution in [2.75, 3.05) is 101 Å². The van der Waals surface area contributed by atoms with Crippen LogP contribution in [0.4, 0.5) is 55.3 Å². The van der Waals surface area contributed by atoms with Crippen LogP contribution in [0.15, 0.2) is 228 Å². The van der Waals surface area contributed by atoms with Gasteiger partial charge < -0.3 is 57.9 Å². The predicted octanol–water partition coefficient (Wildman–Crippen LogP) is 16.3. The number of hydrogen-bond donors (Lipinski definition) is 2. The van der Waals surface area contributed by atoms with Gasteiger partial charge in [0, 0.05) is 164 Å². The van der Waals surface area contributed by atoms with E-state index >= 15 is 0 Å². The van der Waals surface area contributed by atoms with E-state index in [1.54, 1.807) is 77.3 Å². The zero-order chi connectivity index (χ0) is 96.2. The van der Waals surface area contributed by atoms with Gasteiger partial charge in [0.25, 0.3) is 11.8 Å². The molecule has 1 aliphatic carbocycles. The van der Waals surface area contributed by atoms with Crippen LogP contribution in [0, 0.1) is 11.7 Å². The number of alkyl halides is 9. The molecular weight excluding hydrogens is 1790 g/mol. The Balaban J connectivity index is 0.000000152. The Labute approximate surface area is 778 Å². The lowest BCUT2D eigenvalue weighted by Gasteiger charge is -2.36. The van der Waals surface area contributed by atoms with Crippen LogP contribution in [0.1, 0.15) is 142 Å². The molecule has 2 N–H and O–H groups in total. The first-order chi connectivity index (χ1) is 64.7. The van der Waals surface area contributed by atoms with E-state index < -0.39 is 59.3 Å². The largest absolute Gasteiger partial charge is 0.486 e. The van der Waals surface area contributed by atoms with Crippen LogP contribution in [-0.4, -0.2) is 199 Å². The molecule has 5 aliphatic heterocycles. The number of hydrogen-bond acceptors (Lipinski definition) is 19. The number of nitrogens with zero attached hydrogens (tertiary/aromatic N) is 12. The highest BCUT2D eigenvalue weighted by Crippen LogP contribution is 2.36. The third-order valence-corrected chi connectivity index (χ3v) is 24.6. The Morgan fingerprint density at radius 3 is 1.87 bits per heavy atom. The summed E-state index contributed by atoms with van der Waals surface area (Å²) in [6.07, 6.45) is -2.91. The SMILES string of the molecule is CN(Cc1ccc(C(F)(F)F)cc1)C(=O)c1ccc(OCc2nccn2C)cc1.O=C(COC(=O)C1(O)CCCCC1)N1CCN(c2cccc(C(F)(F)F)c2)CC1.O=C(CSCc1ccccc1)N1CCN(c2ccccc2F)CC1.O=C(Cc1nnc(-c2ccccc2)o1)N1CCc2ccccc2C1.O=C1CCC(CCC(=O)N2CCC[C@H](C(=O)c3cccc(C(F)(F)F)c3)C2)=NN1. The number of fused-ring (bicyclic) bond motifs is 1. The van der Waals surface area contributed by atoms with Crippen LogP contribution >= 0.6 is 11.8 Å². The van der Waals surface area contributed by atoms with Crippen molar-refractivity contribution in [1.82, 2.24) is 49.7 Å². The van der Waals surface area contributed by atoms with Gasteiger partial charge in [-0.15, -0.1) is 22.0 Å². The van der Waals surface area contributed by atoms with Gasteiger partial charge in [0.05, 0.1) is 28.1 Å². The molecule has 0 radical (unpaired) electrons. The number of aliphatic hydroxyl groups is 1. The number of benzene rings is 8. The van der Waals surface area contributed by atoms with Crippen LogP contribution in [0.2, 0.25) is 0 Å². The van der Waals surface area contributed by atoms with Crippen molar-refractivity contribution in [1.29, 1.82) is 0 Å². The fourth-order valence-electron chi connectivity index (χ4n) is 15.9. The number of amides is 6. The van der Waals surface area contributed by atoms with Gasteiger partial charge in [-0.2, -0.15) is 44.6 Å². The normalized spacial score (nSPS) is 16.0. The number of carbonyl (C=O) groups is 8. The van der Waals surface area contributed by atoms with E-state index in [0.29, 0.717) is 163 Å². The lowest BCUT2D eigenvalue weighted by molar-refractivity contribution is -0.172. The molecule has 36 heteroatoms. The van der Waals surface area contributed by atoms with Gasteiger partial charge in [-0.25, -0.2) is 19.6 Å². The molecule has 0 spiro atoms. The van der Waals surface area contributed by atoms with E-state index in [0.717, 1.165) is 91.5 Å². The lowest BCUT2D eigenvalue weighted by Crippen LogP contribution is -2.50. The highest BCUT2D eigenvalue weighted by Gasteiger charge is 2.41. The van der Waals surface area contributed by atoms with Crippen molar-refractivity contribution in [3.63, 3.8) is 0 Å². The van der Waals surface area contributed by atoms with Gasteiger partial charge in [-0.3, -0.25) is 33.6 Å². The Bertz CT molecular complexity index is 5670. The summed E-state index contributed by atoms with van der Waals surface area (Å²) >= 11 is 1.64. The van der Waals surface area contributed by atoms with Gasteiger partial charge in [0.1, 0.15) is 30.4 Å². The molecule has 7 heterocycles. The number of ketones is 1. The Kier molecular flexibility index (Phi) is 35.5. The number of aromatic nitrogens is 4. The second-order valence-corrected chi connectivity index (χ2v) is 34.2. The number of halogens is 10. The summed E-state index contributed by atoms with van der Waals surface area (Å²) < 4.78 is 147. The third-order valence-electron chi connectivity index (χ3n) is 23.7. The zero-order valence-electron chi connectivity index (χ0n) is 74.6. The van der Waals surface area contributed by atoms with Crippen molar-refractivity contribution in [3.8, 4) is 17.2 Å². The number of aryl methyl sites for hydroxylation is 1. The first kappa shape index (κ1) is 101. The predicted molar refractivity (Wildman–Crippen MR) is 486 cm³/mol. The maximum atomic E-state index is 13.8. The molecule has 10 aromatic rings. The minimum Gasteiger partial charge on any atom is -0.486 e. The molecule has 25 nitrogen and oxygen atoms in total. The average Bonchev–Trinajstić information content (AvgIpc) is 1.81. The molecule has 1 saturated carbocycles. The Hall–Kier alpha value is -13.3. The average molecular weight is 1890 g/mol. The van der Waals surface area contributed by atoms with Crippen LogP contribution in [0.25, 0.3) is 11.5 Å². The lowest BCUT2D eigenvalue weighted by atomic mass is 9.85. The maximum absolute atomic E-state index is 13.8. The van der Waals surface area contributed by atoms with Gasteiger partial charge in [0.2, 0.25) is 35.4 Å². The molecular formula is C99H105F10N13O12S. The molecule has 2 aromatic heterocycles. The number of esters is 1. The van der Waals surface area contributed by atoms with Crippen LogP contribution < -0.4 is 20.0 Å². The molecule has 6 amide bonds. The maximum Gasteiger partial charge on any atom is 0.416 e. The summed E-state index contributed by atoms with van der Waals surface area (Å²) in [5.74, 6) is 1.02. The molecule has 135 heavy (non-hydrogen) atoms. The van der Waals surface area contributed by atoms with E-state index in [1.165, 1.54) is 62.9 Å². The van der Waals surface area contributed by atoms with Crippen LogP contribution in [0.3, 0.4) is 0 Å². The standard InChI is InChI=1S/C21H20F3N3O2.C20H22F3N3O3.C20H25F3N2O4.C19H21FN2OS.C19H17N3O2/c1-26-12-11-25-19(26)14-29-18-9-5-16(6-10-18)20(28)27(2)13-15-3-7-17(8-4-15)21(22,23)24;21-20(22,23)15-5-1-3-13(11-15)19(29)14-4-2-10-26(12-14)18(28)9-7-16-6-8-17(27)25-24-16;21-20(22,23)15-5-4-6-16(13-15)24-9-11-25(12-10-24)17(26)14-29-18(27)19(28)7-2-1-3-8-19;20-17-8-4-5-9-18(17)21-10-12-22(13-11-21)19(23)15-24-14-16-6-2-1-3-7-16;23-18(22-11-10-14-6-4-5-9-16(14)13-22)12-17-20-21-19(24-17)15-7-2-1-3-8-15/h3-12H,13-14H2,1-2H3;1,3,5,11,14H,2,4,6-10,12H2,(H,25,27);4-6,13,28H,1-3,7-12,14H2;1-9H,10-15H2;1-9H,10-13H2/t;14-;;;/m.0.../s1. The minimum atomic E-state index is -4.51. The fourth-order valence-corrected chi connectivity index (χ4v) is 16.8. The quantitative estimate of drug-likeness (QED) is 0.0342. The Morgan fingerprint density at radius 1 is 0.585 bits per heavy atom. The fraction of sp³-hybridized carbons (Fsp3) is 0.374. The molecule has 16 rings (SSSR count). The summed E-state index contributed by atoms with van der Waals surface area (Å²) in [7, 11) is 3.48. The van der Waals surface area contributed by atoms with Crippen molar-refractivity contribution in [2.45, 2.75) is 133 Å². The topological polar surface area (TPSA) is 279 Å². The molecule has 1 atom stereocenters. The molecule has 8 aromatic carbocycles. The molecule has 4 fully saturated rings. The number of Topliss-reactive ketones (excluding diaryl/α,β-unsaturated/α-hetero) is 1. The first-order valence-electron chi connectivity index (χ1n) is 44.3. The molecule has 0 bridgehead atoms. The number of likely N-dealkylation sites (tertiary alicyclic amines) is 1. The van der Waals surface area contributed by atoms with Gasteiger partial charge in [-0.05, 0) is 171 Å².